The molecule has 0 aromatic carbocycles. The van der Waals surface area contributed by atoms with Gasteiger partial charge >= 0.3 is 13.6 Å². The van der Waals surface area contributed by atoms with Crippen molar-refractivity contribution in [2.24, 2.45) is 0 Å². The first-order valence-corrected chi connectivity index (χ1v) is 6.14. The summed E-state index contributed by atoms with van der Waals surface area (Å²) < 4.78 is 14.4. The molecule has 0 aliphatic heterocycles. The van der Waals surface area contributed by atoms with Crippen molar-refractivity contribution in [3.63, 3.8) is 0 Å². The number of nitrogens with zero attached hydrogens (tertiary/aromatic N) is 3. The lowest BCUT2D eigenvalue weighted by Crippen LogP contribution is -2.07. The smallest absolute Gasteiger partial charge is 0.392 e. The van der Waals surface area contributed by atoms with E-state index in [0.717, 1.165) is 7.11 Å². The SMILES string of the molecule is COP(=O)(O)O.Cc1ncc([N+](=O)[O-])n1CCO. The molecule has 0 atom stereocenters. The third-order valence-corrected chi connectivity index (χ3v) is 2.26. The maximum Gasteiger partial charge on any atom is 0.469 e. The zero-order chi connectivity index (χ0) is 14.3. The normalized spacial score (nSPS) is 10.7. The zero-order valence-corrected chi connectivity index (χ0v) is 10.6. The molecule has 0 fully saturated rings. The van der Waals surface area contributed by atoms with Gasteiger partial charge in [0, 0.05) is 14.0 Å². The molecule has 0 unspecified atom stereocenters. The first kappa shape index (κ1) is 16.7. The van der Waals surface area contributed by atoms with Gasteiger partial charge in [-0.25, -0.2) is 14.1 Å². The number of aryl methyl sites for hydroxylation is 1. The Bertz CT molecular complexity index is 440. The molecule has 0 bridgehead atoms. The summed E-state index contributed by atoms with van der Waals surface area (Å²) in [6.45, 7) is 1.74. The second-order valence-electron chi connectivity index (χ2n) is 2.97. The number of phosphoric acid groups is 1. The van der Waals surface area contributed by atoms with E-state index in [1.165, 1.54) is 10.8 Å². The van der Waals surface area contributed by atoms with E-state index in [9.17, 15) is 14.7 Å². The van der Waals surface area contributed by atoms with Gasteiger partial charge in [0.15, 0.2) is 5.82 Å². The van der Waals surface area contributed by atoms with Crippen molar-refractivity contribution >= 4 is 13.6 Å². The van der Waals surface area contributed by atoms with Gasteiger partial charge < -0.3 is 25.0 Å². The molecular weight excluding hydrogens is 269 g/mol. The Morgan fingerprint density at radius 3 is 2.44 bits per heavy atom. The summed E-state index contributed by atoms with van der Waals surface area (Å²) in [5.41, 5.74) is 0. The fourth-order valence-corrected chi connectivity index (χ4v) is 0.978. The van der Waals surface area contributed by atoms with Crippen molar-refractivity contribution in [2.75, 3.05) is 13.7 Å². The molecule has 0 spiro atoms. The number of rotatable bonds is 4. The summed E-state index contributed by atoms with van der Waals surface area (Å²) in [5.74, 6) is 0.456. The van der Waals surface area contributed by atoms with Gasteiger partial charge in [-0.15, -0.1) is 0 Å². The number of hydrogen-bond acceptors (Lipinski definition) is 6. The molecule has 1 heterocycles. The highest BCUT2D eigenvalue weighted by Gasteiger charge is 2.15. The second kappa shape index (κ2) is 7.19. The Labute approximate surface area is 102 Å². The van der Waals surface area contributed by atoms with Crippen LogP contribution < -0.4 is 0 Å². The van der Waals surface area contributed by atoms with Crippen molar-refractivity contribution in [2.45, 2.75) is 13.5 Å². The molecule has 10 nitrogen and oxygen atoms in total. The minimum Gasteiger partial charge on any atom is -0.392 e. The van der Waals surface area contributed by atoms with Gasteiger partial charge in [0.25, 0.3) is 0 Å². The van der Waals surface area contributed by atoms with Crippen LogP contribution in [0.25, 0.3) is 0 Å². The van der Waals surface area contributed by atoms with Crippen molar-refractivity contribution < 1.29 is 28.9 Å². The van der Waals surface area contributed by atoms with Gasteiger partial charge in [-0.1, -0.05) is 0 Å². The predicted molar refractivity (Wildman–Crippen MR) is 59.8 cm³/mol. The first-order valence-electron chi connectivity index (χ1n) is 4.61. The van der Waals surface area contributed by atoms with Crippen LogP contribution in [-0.2, 0) is 15.6 Å². The third-order valence-electron chi connectivity index (χ3n) is 1.78. The molecule has 104 valence electrons. The Morgan fingerprint density at radius 2 is 2.11 bits per heavy atom. The van der Waals surface area contributed by atoms with Crippen LogP contribution in [0.3, 0.4) is 0 Å². The van der Waals surface area contributed by atoms with Crippen LogP contribution in [0.1, 0.15) is 5.82 Å². The Morgan fingerprint density at radius 1 is 1.61 bits per heavy atom. The van der Waals surface area contributed by atoms with E-state index in [4.69, 9.17) is 14.9 Å². The molecule has 3 N–H and O–H groups in total. The highest BCUT2D eigenvalue weighted by Crippen LogP contribution is 2.33. The van der Waals surface area contributed by atoms with Crippen LogP contribution >= 0.6 is 7.82 Å². The molecule has 1 aromatic rings. The van der Waals surface area contributed by atoms with E-state index in [-0.39, 0.29) is 19.0 Å². The van der Waals surface area contributed by atoms with Gasteiger partial charge in [-0.05, 0) is 4.92 Å². The number of aromatic nitrogens is 2. The molecule has 0 saturated carbocycles. The van der Waals surface area contributed by atoms with Gasteiger partial charge in [0.1, 0.15) is 12.7 Å². The number of imidazole rings is 1. The predicted octanol–water partition coefficient (Wildman–Crippen LogP) is -0.182. The largest absolute Gasteiger partial charge is 0.469 e. The zero-order valence-electron chi connectivity index (χ0n) is 9.76. The highest BCUT2D eigenvalue weighted by atomic mass is 31.2. The minimum absolute atomic E-state index is 0.0819. The van der Waals surface area contributed by atoms with Gasteiger partial charge in [0.2, 0.25) is 0 Å². The topological polar surface area (TPSA) is 148 Å². The Hall–Kier alpha value is -1.32. The average molecular weight is 283 g/mol. The summed E-state index contributed by atoms with van der Waals surface area (Å²) in [4.78, 5) is 29.1. The van der Waals surface area contributed by atoms with Crippen LogP contribution in [0.4, 0.5) is 5.82 Å². The maximum atomic E-state index is 10.4. The highest BCUT2D eigenvalue weighted by molar-refractivity contribution is 7.46. The van der Waals surface area contributed by atoms with E-state index >= 15 is 0 Å². The van der Waals surface area contributed by atoms with Gasteiger partial charge in [-0.2, -0.15) is 0 Å². The van der Waals surface area contributed by atoms with Crippen LogP contribution in [0, 0.1) is 17.0 Å². The molecule has 11 heteroatoms. The van der Waals surface area contributed by atoms with Crippen molar-refractivity contribution in [3.8, 4) is 0 Å². The van der Waals surface area contributed by atoms with Gasteiger partial charge in [0.05, 0.1) is 6.61 Å². The molecule has 0 aliphatic rings. The van der Waals surface area contributed by atoms with E-state index in [0.29, 0.717) is 5.82 Å². The molecule has 0 amide bonds. The molecule has 0 radical (unpaired) electrons. The molecule has 0 saturated heterocycles. The van der Waals surface area contributed by atoms with Crippen molar-refractivity contribution in [1.82, 2.24) is 9.55 Å². The fraction of sp³-hybridized carbons (Fsp3) is 0.571. The van der Waals surface area contributed by atoms with Gasteiger partial charge in [-0.3, -0.25) is 4.52 Å². The lowest BCUT2D eigenvalue weighted by atomic mass is 10.6. The number of aliphatic hydroxyl groups excluding tert-OH is 1. The van der Waals surface area contributed by atoms with E-state index in [1.54, 1.807) is 6.92 Å². The summed E-state index contributed by atoms with van der Waals surface area (Å²) in [6.07, 6.45) is 1.19. The quantitative estimate of drug-likeness (QED) is 0.391. The van der Waals surface area contributed by atoms with Crippen molar-refractivity contribution in [3.05, 3.63) is 22.1 Å². The summed E-state index contributed by atoms with van der Waals surface area (Å²) in [7, 11) is -3.20. The van der Waals surface area contributed by atoms with E-state index in [2.05, 4.69) is 9.51 Å². The summed E-state index contributed by atoms with van der Waals surface area (Å²) >= 11 is 0. The Balaban J connectivity index is 0.000000411. The molecule has 1 aromatic heterocycles. The second-order valence-corrected chi connectivity index (χ2v) is 4.32. The first-order chi connectivity index (χ1) is 8.22. The fourth-order valence-electron chi connectivity index (χ4n) is 0.978. The number of phosphoric ester groups is 1. The molecule has 0 aliphatic carbocycles. The lowest BCUT2D eigenvalue weighted by Gasteiger charge is -1.98. The van der Waals surface area contributed by atoms with Crippen LogP contribution in [-0.4, -0.2) is 43.1 Å². The number of hydrogen-bond donors (Lipinski definition) is 3. The minimum atomic E-state index is -4.15. The maximum absolute atomic E-state index is 10.4. The van der Waals surface area contributed by atoms with E-state index < -0.39 is 12.7 Å². The molecule has 1 rings (SSSR count). The molecule has 18 heavy (non-hydrogen) atoms. The summed E-state index contributed by atoms with van der Waals surface area (Å²) in [6, 6.07) is 0. The summed E-state index contributed by atoms with van der Waals surface area (Å²) in [5, 5.41) is 19.0. The monoisotopic (exact) mass is 283 g/mol. The third kappa shape index (κ3) is 5.84. The average Bonchev–Trinajstić information content (AvgIpc) is 2.61. The van der Waals surface area contributed by atoms with Crippen LogP contribution in [0.15, 0.2) is 6.20 Å². The van der Waals surface area contributed by atoms with Crippen molar-refractivity contribution in [1.29, 1.82) is 0 Å². The van der Waals surface area contributed by atoms with Crippen LogP contribution in [0.5, 0.6) is 0 Å². The van der Waals surface area contributed by atoms with E-state index in [1.807, 2.05) is 0 Å². The van der Waals surface area contributed by atoms with Crippen LogP contribution in [0.2, 0.25) is 0 Å². The number of aliphatic hydroxyl groups is 1. The standard InChI is InChI=1S/C6H9N3O3.CH5O4P/c1-5-7-4-6(9(11)12)8(5)2-3-10;1-5-6(2,3)4/h4,10H,2-3H2,1H3;1H3,(H2,2,3,4). The molecular formula is C7H14N3O7P. The lowest BCUT2D eigenvalue weighted by molar-refractivity contribution is -0.392. The number of nitro groups is 1. The Kier molecular flexibility index (Phi) is 6.66.